The lowest BCUT2D eigenvalue weighted by Gasteiger charge is -2.34. The highest BCUT2D eigenvalue weighted by molar-refractivity contribution is 5.78. The number of hydrogen-bond acceptors (Lipinski definition) is 6. The summed E-state index contributed by atoms with van der Waals surface area (Å²) in [7, 11) is 0. The number of anilines is 1. The first kappa shape index (κ1) is 18.1. The van der Waals surface area contributed by atoms with Gasteiger partial charge in [-0.05, 0) is 16.9 Å². The zero-order valence-electron chi connectivity index (χ0n) is 15.1. The standard InChI is InChI=1S/C17H24N6O3/c1-13(2)11-18-15(24)12-20-7-9-21(10-8-20)16-17(23(25)26)22-6-4-3-5-14(22)19-16/h3-6,13H,7-12H2,1-2H3,(H,18,24). The highest BCUT2D eigenvalue weighted by atomic mass is 16.6. The van der Waals surface area contributed by atoms with E-state index in [1.54, 1.807) is 18.3 Å². The molecule has 3 rings (SSSR count). The minimum Gasteiger partial charge on any atom is -0.358 e. The van der Waals surface area contributed by atoms with Gasteiger partial charge < -0.3 is 20.3 Å². The van der Waals surface area contributed by atoms with Crippen LogP contribution in [0.2, 0.25) is 0 Å². The first-order valence-electron chi connectivity index (χ1n) is 8.81. The summed E-state index contributed by atoms with van der Waals surface area (Å²) in [4.78, 5) is 31.5. The van der Waals surface area contributed by atoms with Crippen LogP contribution in [0.5, 0.6) is 0 Å². The number of fused-ring (bicyclic) bond motifs is 1. The van der Waals surface area contributed by atoms with Crippen molar-refractivity contribution in [2.24, 2.45) is 5.92 Å². The minimum atomic E-state index is -0.388. The van der Waals surface area contributed by atoms with Crippen LogP contribution in [0.1, 0.15) is 13.8 Å². The van der Waals surface area contributed by atoms with Gasteiger partial charge in [-0.1, -0.05) is 19.9 Å². The smallest absolute Gasteiger partial charge is 0.358 e. The number of amides is 1. The molecule has 9 nitrogen and oxygen atoms in total. The van der Waals surface area contributed by atoms with Gasteiger partial charge in [0, 0.05) is 38.8 Å². The maximum Gasteiger partial charge on any atom is 0.372 e. The van der Waals surface area contributed by atoms with Gasteiger partial charge in [0.15, 0.2) is 0 Å². The van der Waals surface area contributed by atoms with Crippen molar-refractivity contribution in [1.82, 2.24) is 19.6 Å². The lowest BCUT2D eigenvalue weighted by Crippen LogP contribution is -2.50. The van der Waals surface area contributed by atoms with E-state index in [1.807, 2.05) is 11.0 Å². The summed E-state index contributed by atoms with van der Waals surface area (Å²) >= 11 is 0. The largest absolute Gasteiger partial charge is 0.372 e. The first-order valence-corrected chi connectivity index (χ1v) is 8.81. The number of hydrogen-bond donors (Lipinski definition) is 1. The molecule has 140 valence electrons. The molecule has 1 aliphatic rings. The molecular formula is C17H24N6O3. The predicted octanol–water partition coefficient (Wildman–Crippen LogP) is 1.14. The molecule has 0 spiro atoms. The Morgan fingerprint density at radius 2 is 2.04 bits per heavy atom. The molecule has 0 saturated carbocycles. The maximum atomic E-state index is 12.0. The van der Waals surface area contributed by atoms with Gasteiger partial charge in [-0.25, -0.2) is 0 Å². The fourth-order valence-electron chi connectivity index (χ4n) is 3.05. The number of imidazole rings is 1. The van der Waals surface area contributed by atoms with Crippen LogP contribution in [0.4, 0.5) is 11.6 Å². The van der Waals surface area contributed by atoms with Crippen molar-refractivity contribution in [2.75, 3.05) is 44.2 Å². The van der Waals surface area contributed by atoms with Crippen molar-refractivity contribution < 1.29 is 9.72 Å². The van der Waals surface area contributed by atoms with Crippen molar-refractivity contribution in [2.45, 2.75) is 13.8 Å². The first-order chi connectivity index (χ1) is 12.5. The van der Waals surface area contributed by atoms with Gasteiger partial charge in [-0.3, -0.25) is 9.69 Å². The fraction of sp³-hybridized carbons (Fsp3) is 0.529. The zero-order chi connectivity index (χ0) is 18.7. The second kappa shape index (κ2) is 7.69. The van der Waals surface area contributed by atoms with Crippen LogP contribution in [0, 0.1) is 16.0 Å². The van der Waals surface area contributed by atoms with E-state index in [4.69, 9.17) is 0 Å². The Morgan fingerprint density at radius 3 is 2.69 bits per heavy atom. The SMILES string of the molecule is CC(C)CNC(=O)CN1CCN(c2nc3ccccn3c2[N+](=O)[O-])CC1. The number of nitro groups is 1. The van der Waals surface area contributed by atoms with E-state index in [1.165, 1.54) is 4.40 Å². The molecule has 0 atom stereocenters. The third-order valence-corrected chi connectivity index (χ3v) is 4.41. The van der Waals surface area contributed by atoms with Gasteiger partial charge in [-0.2, -0.15) is 9.38 Å². The average Bonchev–Trinajstić information content (AvgIpc) is 3.00. The Hall–Kier alpha value is -2.68. The van der Waals surface area contributed by atoms with Crippen LogP contribution in [0.3, 0.4) is 0 Å². The van der Waals surface area contributed by atoms with Gasteiger partial charge in [0.2, 0.25) is 17.4 Å². The molecule has 0 aliphatic carbocycles. The average molecular weight is 360 g/mol. The summed E-state index contributed by atoms with van der Waals surface area (Å²) in [5.41, 5.74) is 0.560. The topological polar surface area (TPSA) is 96.0 Å². The van der Waals surface area contributed by atoms with Crippen LogP contribution in [0.15, 0.2) is 24.4 Å². The van der Waals surface area contributed by atoms with Crippen LogP contribution in [-0.4, -0.2) is 64.4 Å². The number of carbonyl (C=O) groups excluding carboxylic acids is 1. The summed E-state index contributed by atoms with van der Waals surface area (Å²) < 4.78 is 1.50. The van der Waals surface area contributed by atoms with Crippen LogP contribution >= 0.6 is 0 Å². The molecule has 9 heteroatoms. The summed E-state index contributed by atoms with van der Waals surface area (Å²) in [5, 5.41) is 14.4. The molecule has 0 bridgehead atoms. The van der Waals surface area contributed by atoms with Crippen LogP contribution < -0.4 is 10.2 Å². The molecule has 1 saturated heterocycles. The second-order valence-corrected chi connectivity index (χ2v) is 6.91. The quantitative estimate of drug-likeness (QED) is 0.613. The number of piperazine rings is 1. The molecule has 3 heterocycles. The molecule has 1 N–H and O–H groups in total. The number of nitrogens with one attached hydrogen (secondary N) is 1. The highest BCUT2D eigenvalue weighted by Gasteiger charge is 2.29. The lowest BCUT2D eigenvalue weighted by atomic mass is 10.2. The zero-order valence-corrected chi connectivity index (χ0v) is 15.1. The van der Waals surface area contributed by atoms with Crippen LogP contribution in [0.25, 0.3) is 5.65 Å². The minimum absolute atomic E-state index is 0.0104. The number of aromatic nitrogens is 2. The Morgan fingerprint density at radius 1 is 1.31 bits per heavy atom. The Bertz CT molecular complexity index is 795. The van der Waals surface area contributed by atoms with E-state index in [2.05, 4.69) is 29.0 Å². The van der Waals surface area contributed by atoms with E-state index < -0.39 is 0 Å². The van der Waals surface area contributed by atoms with Gasteiger partial charge in [0.1, 0.15) is 0 Å². The third kappa shape index (κ3) is 3.93. The van der Waals surface area contributed by atoms with Crippen molar-refractivity contribution in [3.05, 3.63) is 34.5 Å². The molecule has 0 unspecified atom stereocenters. The Kier molecular flexibility index (Phi) is 5.36. The van der Waals surface area contributed by atoms with E-state index in [9.17, 15) is 14.9 Å². The van der Waals surface area contributed by atoms with Gasteiger partial charge >= 0.3 is 5.82 Å². The van der Waals surface area contributed by atoms with Gasteiger partial charge in [0.05, 0.1) is 12.7 Å². The summed E-state index contributed by atoms with van der Waals surface area (Å²) in [6.45, 7) is 7.67. The molecular weight excluding hydrogens is 336 g/mol. The molecule has 0 aromatic carbocycles. The summed E-state index contributed by atoms with van der Waals surface area (Å²) in [5.74, 6) is 0.825. The third-order valence-electron chi connectivity index (χ3n) is 4.41. The number of nitrogens with zero attached hydrogens (tertiary/aromatic N) is 5. The number of pyridine rings is 1. The van der Waals surface area contributed by atoms with E-state index in [0.717, 1.165) is 0 Å². The highest BCUT2D eigenvalue weighted by Crippen LogP contribution is 2.29. The molecule has 2 aromatic rings. The molecule has 2 aromatic heterocycles. The molecule has 1 amide bonds. The van der Waals surface area contributed by atoms with E-state index >= 15 is 0 Å². The normalized spacial score (nSPS) is 15.6. The Labute approximate surface area is 151 Å². The second-order valence-electron chi connectivity index (χ2n) is 6.91. The maximum absolute atomic E-state index is 12.0. The van der Waals surface area contributed by atoms with Gasteiger partial charge in [0.25, 0.3) is 0 Å². The lowest BCUT2D eigenvalue weighted by molar-refractivity contribution is -0.389. The summed E-state index contributed by atoms with van der Waals surface area (Å²) in [6, 6.07) is 5.31. The molecule has 26 heavy (non-hydrogen) atoms. The van der Waals surface area contributed by atoms with Crippen molar-refractivity contribution in [1.29, 1.82) is 0 Å². The van der Waals surface area contributed by atoms with Crippen molar-refractivity contribution in [3.8, 4) is 0 Å². The van der Waals surface area contributed by atoms with E-state index in [-0.39, 0.29) is 16.6 Å². The number of carbonyl (C=O) groups is 1. The molecule has 1 fully saturated rings. The fourth-order valence-corrected chi connectivity index (χ4v) is 3.05. The molecule has 0 radical (unpaired) electrons. The van der Waals surface area contributed by atoms with Crippen molar-refractivity contribution >= 4 is 23.2 Å². The van der Waals surface area contributed by atoms with E-state index in [0.29, 0.717) is 56.7 Å². The number of rotatable bonds is 6. The monoisotopic (exact) mass is 360 g/mol. The predicted molar refractivity (Wildman–Crippen MR) is 98.3 cm³/mol. The molecule has 1 aliphatic heterocycles. The summed E-state index contributed by atoms with van der Waals surface area (Å²) in [6.07, 6.45) is 1.65. The van der Waals surface area contributed by atoms with Crippen LogP contribution in [-0.2, 0) is 4.79 Å². The Balaban J connectivity index is 1.65. The van der Waals surface area contributed by atoms with Crippen molar-refractivity contribution in [3.63, 3.8) is 0 Å². The van der Waals surface area contributed by atoms with Gasteiger partial charge in [-0.15, -0.1) is 0 Å².